The molecule has 0 bridgehead atoms. The van der Waals surface area contributed by atoms with E-state index >= 15 is 0 Å². The molecule has 0 unspecified atom stereocenters. The minimum atomic E-state index is -0.346. The first-order chi connectivity index (χ1) is 9.81. The van der Waals surface area contributed by atoms with Crippen molar-refractivity contribution in [3.8, 4) is 0 Å². The topological polar surface area (TPSA) is 50.4 Å². The van der Waals surface area contributed by atoms with Crippen molar-refractivity contribution in [1.82, 2.24) is 5.32 Å². The molecule has 0 aromatic heterocycles. The second-order valence-electron chi connectivity index (χ2n) is 4.76. The van der Waals surface area contributed by atoms with Gasteiger partial charge in [-0.1, -0.05) is 42.5 Å². The van der Waals surface area contributed by atoms with Gasteiger partial charge in [-0.25, -0.2) is 4.79 Å². The summed E-state index contributed by atoms with van der Waals surface area (Å²) in [4.78, 5) is 11.0. The molecule has 1 amide bonds. The lowest BCUT2D eigenvalue weighted by atomic mass is 10.1. The van der Waals surface area contributed by atoms with Crippen molar-refractivity contribution in [3.63, 3.8) is 0 Å². The zero-order chi connectivity index (χ0) is 13.8. The third-order valence-electron chi connectivity index (χ3n) is 3.33. The van der Waals surface area contributed by atoms with Crippen molar-refractivity contribution < 1.29 is 9.53 Å². The molecule has 0 spiro atoms. The van der Waals surface area contributed by atoms with E-state index in [2.05, 4.69) is 22.8 Å². The first-order valence-corrected chi connectivity index (χ1v) is 6.62. The molecule has 2 N–H and O–H groups in total. The molecule has 1 saturated heterocycles. The molecule has 0 aliphatic carbocycles. The average Bonchev–Trinajstić information content (AvgIpc) is 2.93. The zero-order valence-electron chi connectivity index (χ0n) is 11.4. The Balaban J connectivity index is 0.00000161. The van der Waals surface area contributed by atoms with Crippen LogP contribution in [-0.2, 0) is 11.3 Å². The van der Waals surface area contributed by atoms with Crippen LogP contribution in [0.4, 0.5) is 10.5 Å². The van der Waals surface area contributed by atoms with Gasteiger partial charge >= 0.3 is 6.09 Å². The molecule has 1 heterocycles. The summed E-state index contributed by atoms with van der Waals surface area (Å²) >= 11 is 0. The maximum atomic E-state index is 11.0. The summed E-state index contributed by atoms with van der Waals surface area (Å²) in [7, 11) is 0. The molecule has 1 aliphatic rings. The van der Waals surface area contributed by atoms with Crippen LogP contribution in [0.2, 0.25) is 0 Å². The summed E-state index contributed by atoms with van der Waals surface area (Å²) in [5, 5.41) is 6.13. The van der Waals surface area contributed by atoms with E-state index < -0.39 is 0 Å². The number of carbonyl (C=O) groups excluding carboxylic acids is 1. The van der Waals surface area contributed by atoms with E-state index in [4.69, 9.17) is 4.74 Å². The number of benzene rings is 2. The Morgan fingerprint density at radius 2 is 1.81 bits per heavy atom. The number of halogens is 1. The van der Waals surface area contributed by atoms with E-state index in [1.165, 1.54) is 5.56 Å². The molecule has 0 radical (unpaired) electrons. The van der Waals surface area contributed by atoms with Crippen LogP contribution in [0.3, 0.4) is 0 Å². The van der Waals surface area contributed by atoms with Crippen molar-refractivity contribution in [2.24, 2.45) is 0 Å². The Bertz CT molecular complexity index is 587. The lowest BCUT2D eigenvalue weighted by Crippen LogP contribution is -2.18. The molecule has 2 aromatic carbocycles. The zero-order valence-corrected chi connectivity index (χ0v) is 12.2. The van der Waals surface area contributed by atoms with Crippen molar-refractivity contribution >= 4 is 24.2 Å². The number of amides is 1. The molecule has 3 rings (SSSR count). The molecular weight excluding hydrogens is 288 g/mol. The molecule has 1 atom stereocenters. The van der Waals surface area contributed by atoms with E-state index in [0.29, 0.717) is 6.61 Å². The highest BCUT2D eigenvalue weighted by atomic mass is 35.5. The van der Waals surface area contributed by atoms with Gasteiger partial charge in [0.25, 0.3) is 0 Å². The maximum Gasteiger partial charge on any atom is 0.407 e. The highest BCUT2D eigenvalue weighted by molar-refractivity contribution is 5.85. The van der Waals surface area contributed by atoms with Crippen molar-refractivity contribution in [2.45, 2.75) is 12.6 Å². The molecule has 5 heteroatoms. The van der Waals surface area contributed by atoms with E-state index in [9.17, 15) is 4.79 Å². The van der Waals surface area contributed by atoms with Gasteiger partial charge in [-0.05, 0) is 23.3 Å². The Kier molecular flexibility index (Phi) is 5.06. The second kappa shape index (κ2) is 6.99. The molecule has 21 heavy (non-hydrogen) atoms. The Labute approximate surface area is 129 Å². The molecule has 0 saturated carbocycles. The summed E-state index contributed by atoms with van der Waals surface area (Å²) in [5.41, 5.74) is 3.36. The predicted molar refractivity (Wildman–Crippen MR) is 84.7 cm³/mol. The highest BCUT2D eigenvalue weighted by Crippen LogP contribution is 2.20. The molecular formula is C16H17ClN2O2. The molecule has 1 fully saturated rings. The fourth-order valence-electron chi connectivity index (χ4n) is 2.20. The Morgan fingerprint density at radius 1 is 1.10 bits per heavy atom. The minimum Gasteiger partial charge on any atom is -0.447 e. The molecule has 2 aromatic rings. The number of carbonyl (C=O) groups is 1. The quantitative estimate of drug-likeness (QED) is 0.909. The molecule has 4 nitrogen and oxygen atoms in total. The van der Waals surface area contributed by atoms with E-state index in [1.54, 1.807) is 0 Å². The van der Waals surface area contributed by atoms with Gasteiger partial charge in [0.1, 0.15) is 6.61 Å². The van der Waals surface area contributed by atoms with E-state index in [0.717, 1.165) is 17.8 Å². The number of nitrogens with one attached hydrogen (secondary N) is 2. The number of cyclic esters (lactones) is 1. The second-order valence-corrected chi connectivity index (χ2v) is 4.76. The lowest BCUT2D eigenvalue weighted by molar-refractivity contribution is 0.177. The largest absolute Gasteiger partial charge is 0.447 e. The third kappa shape index (κ3) is 3.89. The third-order valence-corrected chi connectivity index (χ3v) is 3.33. The fourth-order valence-corrected chi connectivity index (χ4v) is 2.20. The van der Waals surface area contributed by atoms with Gasteiger partial charge in [-0.2, -0.15) is 0 Å². The number of ether oxygens (including phenoxy) is 1. The van der Waals surface area contributed by atoms with Crippen LogP contribution in [0.1, 0.15) is 17.2 Å². The van der Waals surface area contributed by atoms with Gasteiger partial charge in [-0.15, -0.1) is 12.4 Å². The van der Waals surface area contributed by atoms with Crippen LogP contribution in [0.25, 0.3) is 0 Å². The van der Waals surface area contributed by atoms with Crippen LogP contribution < -0.4 is 10.6 Å². The van der Waals surface area contributed by atoms with Crippen LogP contribution in [0, 0.1) is 0 Å². The van der Waals surface area contributed by atoms with Gasteiger partial charge in [0.15, 0.2) is 0 Å². The van der Waals surface area contributed by atoms with Gasteiger partial charge in [0.2, 0.25) is 0 Å². The molecule has 110 valence electrons. The summed E-state index contributed by atoms with van der Waals surface area (Å²) in [5.74, 6) is 0. The number of anilines is 1. The highest BCUT2D eigenvalue weighted by Gasteiger charge is 2.23. The van der Waals surface area contributed by atoms with Crippen LogP contribution in [-0.4, -0.2) is 12.7 Å². The number of alkyl carbamates (subject to hydrolysis) is 1. The SMILES string of the molecule is Cl.O=C1N[C@@H](c2ccc(NCc3ccccc3)cc2)CO1. The van der Waals surface area contributed by atoms with Crippen LogP contribution >= 0.6 is 12.4 Å². The smallest absolute Gasteiger partial charge is 0.407 e. The summed E-state index contributed by atoms with van der Waals surface area (Å²) in [6, 6.07) is 18.3. The Morgan fingerprint density at radius 3 is 2.43 bits per heavy atom. The van der Waals surface area contributed by atoms with Crippen molar-refractivity contribution in [2.75, 3.05) is 11.9 Å². The van der Waals surface area contributed by atoms with Crippen molar-refractivity contribution in [3.05, 3.63) is 65.7 Å². The van der Waals surface area contributed by atoms with Gasteiger partial charge in [0.05, 0.1) is 6.04 Å². The lowest BCUT2D eigenvalue weighted by Gasteiger charge is -2.10. The van der Waals surface area contributed by atoms with Gasteiger partial charge in [-0.3, -0.25) is 0 Å². The van der Waals surface area contributed by atoms with Gasteiger partial charge < -0.3 is 15.4 Å². The maximum absolute atomic E-state index is 11.0. The summed E-state index contributed by atoms with van der Waals surface area (Å²) < 4.78 is 4.89. The molecule has 1 aliphatic heterocycles. The summed E-state index contributed by atoms with van der Waals surface area (Å²) in [6.07, 6.45) is -0.346. The minimum absolute atomic E-state index is 0. The number of hydrogen-bond acceptors (Lipinski definition) is 3. The van der Waals surface area contributed by atoms with Crippen LogP contribution in [0.5, 0.6) is 0 Å². The van der Waals surface area contributed by atoms with E-state index in [1.807, 2.05) is 42.5 Å². The first-order valence-electron chi connectivity index (χ1n) is 6.62. The fraction of sp³-hybridized carbons (Fsp3) is 0.188. The van der Waals surface area contributed by atoms with Crippen LogP contribution in [0.15, 0.2) is 54.6 Å². The average molecular weight is 305 g/mol. The van der Waals surface area contributed by atoms with Crippen molar-refractivity contribution in [1.29, 1.82) is 0 Å². The van der Waals surface area contributed by atoms with E-state index in [-0.39, 0.29) is 24.5 Å². The number of hydrogen-bond donors (Lipinski definition) is 2. The number of rotatable bonds is 4. The predicted octanol–water partition coefficient (Wildman–Crippen LogP) is 3.50. The normalized spacial score (nSPS) is 16.6. The first kappa shape index (κ1) is 15.2. The summed E-state index contributed by atoms with van der Waals surface area (Å²) in [6.45, 7) is 1.19. The Hall–Kier alpha value is -2.20. The van der Waals surface area contributed by atoms with Gasteiger partial charge in [0, 0.05) is 12.2 Å². The monoisotopic (exact) mass is 304 g/mol. The standard InChI is InChI=1S/C16H16N2O2.ClH/c19-16-18-15(11-20-16)13-6-8-14(9-7-13)17-10-12-4-2-1-3-5-12;/h1-9,15,17H,10-11H2,(H,18,19);1H/t15-;/m1./s1.